The lowest BCUT2D eigenvalue weighted by molar-refractivity contribution is -0.140. The van der Waals surface area contributed by atoms with Gasteiger partial charge in [-0.2, -0.15) is 0 Å². The molecular weight excluding hydrogens is 422 g/mol. The molecule has 3 atom stereocenters. The fraction of sp³-hybridized carbons (Fsp3) is 0.400. The Balaban J connectivity index is 1.55. The van der Waals surface area contributed by atoms with Crippen LogP contribution in [0.5, 0.6) is 0 Å². The Kier molecular flexibility index (Phi) is 8.19. The van der Waals surface area contributed by atoms with Crippen molar-refractivity contribution < 1.29 is 24.7 Å². The molecule has 8 heteroatoms. The van der Waals surface area contributed by atoms with Crippen LogP contribution in [-0.2, 0) is 17.6 Å². The SMILES string of the molecule is CC(C)[C@H](C(=O)NO)N1C(=O)N[C@@H](CCc2ccc(C(=O)Cc3ccccc3)cc2)CC1O. The molecule has 3 amide bonds. The summed E-state index contributed by atoms with van der Waals surface area (Å²) in [6.45, 7) is 3.47. The van der Waals surface area contributed by atoms with Gasteiger partial charge in [0.2, 0.25) is 0 Å². The van der Waals surface area contributed by atoms with Crippen molar-refractivity contribution in [1.82, 2.24) is 15.7 Å². The minimum atomic E-state index is -1.13. The summed E-state index contributed by atoms with van der Waals surface area (Å²) < 4.78 is 0. The molecule has 1 unspecified atom stereocenters. The molecule has 1 heterocycles. The smallest absolute Gasteiger partial charge is 0.320 e. The topological polar surface area (TPSA) is 119 Å². The molecule has 1 aliphatic rings. The van der Waals surface area contributed by atoms with Gasteiger partial charge in [-0.3, -0.25) is 19.7 Å². The summed E-state index contributed by atoms with van der Waals surface area (Å²) in [4.78, 5) is 38.2. The van der Waals surface area contributed by atoms with Crippen molar-refractivity contribution in [2.24, 2.45) is 5.92 Å². The number of nitrogens with zero attached hydrogens (tertiary/aromatic N) is 1. The number of carbonyl (C=O) groups is 3. The number of hydrogen-bond acceptors (Lipinski definition) is 5. The Hall–Kier alpha value is -3.23. The number of hydrogen-bond donors (Lipinski definition) is 4. The molecule has 1 saturated heterocycles. The Morgan fingerprint density at radius 2 is 1.76 bits per heavy atom. The van der Waals surface area contributed by atoms with Crippen LogP contribution >= 0.6 is 0 Å². The van der Waals surface area contributed by atoms with Gasteiger partial charge in [0.05, 0.1) is 0 Å². The number of aliphatic hydroxyl groups excluding tert-OH is 1. The molecule has 3 rings (SSSR count). The maximum absolute atomic E-state index is 12.6. The van der Waals surface area contributed by atoms with E-state index in [1.165, 1.54) is 0 Å². The maximum Gasteiger partial charge on any atom is 0.320 e. The van der Waals surface area contributed by atoms with E-state index in [0.29, 0.717) is 24.8 Å². The van der Waals surface area contributed by atoms with Crippen LogP contribution in [0.4, 0.5) is 4.79 Å². The average Bonchev–Trinajstić information content (AvgIpc) is 2.80. The molecule has 0 radical (unpaired) electrons. The minimum Gasteiger partial charge on any atom is -0.373 e. The van der Waals surface area contributed by atoms with Gasteiger partial charge in [-0.05, 0) is 29.9 Å². The van der Waals surface area contributed by atoms with Crippen LogP contribution < -0.4 is 10.8 Å². The van der Waals surface area contributed by atoms with Crippen molar-refractivity contribution in [1.29, 1.82) is 0 Å². The fourth-order valence-corrected chi connectivity index (χ4v) is 4.21. The van der Waals surface area contributed by atoms with Gasteiger partial charge in [0.25, 0.3) is 5.91 Å². The van der Waals surface area contributed by atoms with Crippen LogP contribution in [0.25, 0.3) is 0 Å². The first-order valence-electron chi connectivity index (χ1n) is 11.2. The fourth-order valence-electron chi connectivity index (χ4n) is 4.21. The number of rotatable bonds is 9. The number of urea groups is 1. The van der Waals surface area contributed by atoms with Gasteiger partial charge >= 0.3 is 6.03 Å². The summed E-state index contributed by atoms with van der Waals surface area (Å²) in [6.07, 6.45) is 0.754. The lowest BCUT2D eigenvalue weighted by Crippen LogP contribution is -2.64. The quantitative estimate of drug-likeness (QED) is 0.264. The Morgan fingerprint density at radius 1 is 1.09 bits per heavy atom. The van der Waals surface area contributed by atoms with Gasteiger partial charge in [-0.15, -0.1) is 0 Å². The molecule has 0 saturated carbocycles. The van der Waals surface area contributed by atoms with Crippen molar-refractivity contribution >= 4 is 17.7 Å². The number of Topliss-reactive ketones (excluding diaryl/α,β-unsaturated/α-hetero) is 1. The number of aliphatic hydroxyl groups is 1. The number of carbonyl (C=O) groups excluding carboxylic acids is 3. The second-order valence-electron chi connectivity index (χ2n) is 8.76. The predicted octanol–water partition coefficient (Wildman–Crippen LogP) is 2.68. The van der Waals surface area contributed by atoms with Crippen LogP contribution in [0, 0.1) is 5.92 Å². The molecule has 2 aromatic carbocycles. The minimum absolute atomic E-state index is 0.0575. The molecular formula is C25H31N3O5. The second-order valence-corrected chi connectivity index (χ2v) is 8.76. The zero-order valence-corrected chi connectivity index (χ0v) is 18.9. The number of amides is 3. The van der Waals surface area contributed by atoms with E-state index in [1.54, 1.807) is 19.3 Å². The van der Waals surface area contributed by atoms with Gasteiger partial charge in [-0.25, -0.2) is 10.3 Å². The molecule has 0 aromatic heterocycles. The lowest BCUT2D eigenvalue weighted by atomic mass is 9.96. The number of ketones is 1. The predicted molar refractivity (Wildman–Crippen MR) is 123 cm³/mol. The summed E-state index contributed by atoms with van der Waals surface area (Å²) in [7, 11) is 0. The van der Waals surface area contributed by atoms with E-state index in [1.807, 2.05) is 54.6 Å². The van der Waals surface area contributed by atoms with Crippen molar-refractivity contribution in [3.05, 3.63) is 71.3 Å². The Bertz CT molecular complexity index is 962. The molecule has 1 aliphatic heterocycles. The average molecular weight is 454 g/mol. The standard InChI is InChI=1S/C25H31N3O5/c1-16(2)23(24(31)27-33)28-22(30)15-20(26-25(28)32)13-10-17-8-11-19(12-9-17)21(29)14-18-6-4-3-5-7-18/h3-9,11-12,16,20,22-23,30,33H,10,13-15H2,1-2H3,(H,26,32)(H,27,31)/t20-,22?,23+/m0/s1. The summed E-state index contributed by atoms with van der Waals surface area (Å²) >= 11 is 0. The zero-order chi connectivity index (χ0) is 24.0. The summed E-state index contributed by atoms with van der Waals surface area (Å²) in [6, 6.07) is 15.3. The monoisotopic (exact) mass is 453 g/mol. The largest absolute Gasteiger partial charge is 0.373 e. The Labute approximate surface area is 193 Å². The number of nitrogens with one attached hydrogen (secondary N) is 2. The molecule has 176 valence electrons. The first-order valence-corrected chi connectivity index (χ1v) is 11.2. The number of aryl methyl sites for hydroxylation is 1. The molecule has 0 aliphatic carbocycles. The molecule has 0 spiro atoms. The van der Waals surface area contributed by atoms with Crippen LogP contribution in [0.15, 0.2) is 54.6 Å². The van der Waals surface area contributed by atoms with E-state index in [4.69, 9.17) is 5.21 Å². The van der Waals surface area contributed by atoms with Crippen molar-refractivity contribution in [2.45, 2.75) is 57.8 Å². The van der Waals surface area contributed by atoms with Crippen LogP contribution in [0.2, 0.25) is 0 Å². The Morgan fingerprint density at radius 3 is 2.33 bits per heavy atom. The highest BCUT2D eigenvalue weighted by atomic mass is 16.5. The third-order valence-corrected chi connectivity index (χ3v) is 5.95. The van der Waals surface area contributed by atoms with Crippen molar-refractivity contribution in [2.75, 3.05) is 0 Å². The normalized spacial score (nSPS) is 19.2. The van der Waals surface area contributed by atoms with Gasteiger partial charge in [-0.1, -0.05) is 68.4 Å². The van der Waals surface area contributed by atoms with Gasteiger partial charge in [0.15, 0.2) is 5.78 Å². The molecule has 8 nitrogen and oxygen atoms in total. The van der Waals surface area contributed by atoms with Crippen LogP contribution in [-0.4, -0.2) is 51.2 Å². The third-order valence-electron chi connectivity index (χ3n) is 5.95. The highest BCUT2D eigenvalue weighted by Crippen LogP contribution is 2.22. The lowest BCUT2D eigenvalue weighted by Gasteiger charge is -2.42. The second kappa shape index (κ2) is 11.1. The number of benzene rings is 2. The summed E-state index contributed by atoms with van der Waals surface area (Å²) in [5, 5.41) is 22.4. The molecule has 33 heavy (non-hydrogen) atoms. The van der Waals surface area contributed by atoms with Gasteiger partial charge in [0.1, 0.15) is 12.3 Å². The van der Waals surface area contributed by atoms with Crippen LogP contribution in [0.3, 0.4) is 0 Å². The van der Waals surface area contributed by atoms with E-state index in [0.717, 1.165) is 16.0 Å². The third kappa shape index (κ3) is 6.18. The van der Waals surface area contributed by atoms with Crippen molar-refractivity contribution in [3.63, 3.8) is 0 Å². The molecule has 1 fully saturated rings. The highest BCUT2D eigenvalue weighted by molar-refractivity contribution is 5.97. The molecule has 0 bridgehead atoms. The van der Waals surface area contributed by atoms with Gasteiger partial charge in [0, 0.05) is 24.4 Å². The first kappa shape index (κ1) is 24.4. The molecule has 2 aromatic rings. The maximum atomic E-state index is 12.6. The summed E-state index contributed by atoms with van der Waals surface area (Å²) in [5.41, 5.74) is 4.23. The zero-order valence-electron chi connectivity index (χ0n) is 18.9. The molecule has 4 N–H and O–H groups in total. The van der Waals surface area contributed by atoms with E-state index < -0.39 is 24.2 Å². The van der Waals surface area contributed by atoms with E-state index in [9.17, 15) is 19.5 Å². The number of hydroxylamine groups is 1. The van der Waals surface area contributed by atoms with E-state index >= 15 is 0 Å². The first-order chi connectivity index (χ1) is 15.8. The van der Waals surface area contributed by atoms with Crippen LogP contribution in [0.1, 0.15) is 48.2 Å². The summed E-state index contributed by atoms with van der Waals surface area (Å²) in [5.74, 6) is -0.973. The van der Waals surface area contributed by atoms with E-state index in [-0.39, 0.29) is 24.2 Å². The highest BCUT2D eigenvalue weighted by Gasteiger charge is 2.41. The van der Waals surface area contributed by atoms with E-state index in [2.05, 4.69) is 5.32 Å². The van der Waals surface area contributed by atoms with Gasteiger partial charge < -0.3 is 10.4 Å². The van der Waals surface area contributed by atoms with Crippen molar-refractivity contribution in [3.8, 4) is 0 Å².